The normalized spacial score (nSPS) is 12.6. The molecular weight excluding hydrogens is 1430 g/mol. The van der Waals surface area contributed by atoms with Crippen molar-refractivity contribution in [1.82, 2.24) is 22.8 Å². The number of aryl methyl sites for hydroxylation is 1. The maximum Gasteiger partial charge on any atom is 0.488 e. The van der Waals surface area contributed by atoms with Gasteiger partial charge in [-0.2, -0.15) is 0 Å². The number of aromatic nitrogens is 5. The summed E-state index contributed by atoms with van der Waals surface area (Å²) in [6.07, 6.45) is 15.9. The zero-order valence-electron chi connectivity index (χ0n) is 64.1. The fraction of sp³-hybridized carbons (Fsp3) is 0.0854. The van der Waals surface area contributed by atoms with E-state index < -0.39 is 49.7 Å². The molecule has 5 aromatic heterocycles. The third kappa shape index (κ3) is 27.1. The number of hydrogen-bond acceptors (Lipinski definition) is 16. The van der Waals surface area contributed by atoms with Gasteiger partial charge in [0.25, 0.3) is 27.8 Å². The topological polar surface area (TPSA) is 332 Å². The lowest BCUT2D eigenvalue weighted by atomic mass is 9.81. The number of ether oxygens (including phenoxy) is 2. The molecule has 25 heteroatoms. The van der Waals surface area contributed by atoms with E-state index in [1.165, 1.54) is 159 Å². The maximum atomic E-state index is 11.7. The van der Waals surface area contributed by atoms with E-state index >= 15 is 0 Å². The molecule has 13 rings (SSSR count). The van der Waals surface area contributed by atoms with Crippen LogP contribution >= 0.6 is 15.9 Å². The van der Waals surface area contributed by atoms with Crippen LogP contribution in [-0.4, -0.2) is 105 Å². The smallest absolute Gasteiger partial charge is 0.478 e. The van der Waals surface area contributed by atoms with Gasteiger partial charge in [-0.1, -0.05) is 162 Å². The number of pyridine rings is 5. The highest BCUT2D eigenvalue weighted by Gasteiger charge is 2.13. The van der Waals surface area contributed by atoms with E-state index in [9.17, 15) is 57.8 Å². The Hall–Kier alpha value is -13.3. The minimum Gasteiger partial charge on any atom is -0.478 e. The molecule has 2 aliphatic rings. The third-order valence-corrected chi connectivity index (χ3v) is 14.8. The van der Waals surface area contributed by atoms with Gasteiger partial charge in [-0.05, 0) is 132 Å². The number of esters is 2. The van der Waals surface area contributed by atoms with Gasteiger partial charge in [-0.25, -0.2) is 19.2 Å². The first-order valence-electron chi connectivity index (χ1n) is 35.3. The van der Waals surface area contributed by atoms with Crippen LogP contribution in [0.4, 0.5) is 0 Å². The van der Waals surface area contributed by atoms with Gasteiger partial charge in [-0.15, -0.1) is 0 Å². The number of carbonyl (C=O) groups is 6. The Labute approximate surface area is 632 Å². The number of allylic oxidation sites excluding steroid dienone is 4. The Kier molecular flexibility index (Phi) is 29.3. The molecule has 6 aromatic carbocycles. The molecule has 0 radical (unpaired) electrons. The highest BCUT2D eigenvalue weighted by Crippen LogP contribution is 2.13. The Balaban J connectivity index is 0.000000205. The summed E-state index contributed by atoms with van der Waals surface area (Å²) in [6, 6.07) is 66.9. The monoisotopic (exact) mass is 1510 g/mol. The summed E-state index contributed by atoms with van der Waals surface area (Å²) in [5.41, 5.74) is 4.42. The van der Waals surface area contributed by atoms with E-state index in [1.54, 1.807) is 127 Å². The summed E-state index contributed by atoms with van der Waals surface area (Å²) in [4.78, 5) is 123. The Morgan fingerprint density at radius 2 is 0.748 bits per heavy atom. The predicted molar refractivity (Wildman–Crippen MR) is 411 cm³/mol. The Morgan fingerprint density at radius 1 is 0.411 bits per heavy atom. The van der Waals surface area contributed by atoms with Crippen LogP contribution in [0.5, 0.6) is 0 Å². The van der Waals surface area contributed by atoms with Gasteiger partial charge < -0.3 is 34.8 Å². The maximum absolute atomic E-state index is 11.7. The minimum absolute atomic E-state index is 0.0117. The Bertz CT molecular complexity index is 5310. The van der Waals surface area contributed by atoms with Crippen LogP contribution in [0.15, 0.2) is 345 Å². The second-order valence-corrected chi connectivity index (χ2v) is 22.1. The van der Waals surface area contributed by atoms with E-state index in [2.05, 4.69) is 25.4 Å². The molecule has 0 aliphatic heterocycles. The van der Waals surface area contributed by atoms with Crippen molar-refractivity contribution in [3.63, 3.8) is 0 Å². The first kappa shape index (κ1) is 72.0. The fourth-order valence-electron chi connectivity index (χ4n) is 8.99. The van der Waals surface area contributed by atoms with Crippen molar-refractivity contribution in [2.24, 2.45) is 0 Å². The first-order chi connectivity index (χ1) is 54.1. The summed E-state index contributed by atoms with van der Waals surface area (Å²) >= 11 is 2.94. The number of ketones is 2. The number of rotatable bonds is 12. The molecule has 544 valence electrons. The van der Waals surface area contributed by atoms with Gasteiger partial charge in [0, 0.05) is 115 Å². The van der Waals surface area contributed by atoms with Crippen molar-refractivity contribution in [2.75, 3.05) is 14.2 Å². The van der Waals surface area contributed by atoms with Crippen LogP contribution in [0.1, 0.15) is 59.8 Å². The number of para-hydroxylation sites is 5. The lowest BCUT2D eigenvalue weighted by Gasteiger charge is -2.06. The molecule has 0 saturated heterocycles. The predicted octanol–water partition coefficient (Wildman–Crippen LogP) is 9.88. The molecule has 2 aliphatic carbocycles. The van der Waals surface area contributed by atoms with E-state index in [1.807, 2.05) is 60.7 Å². The fourth-order valence-corrected chi connectivity index (χ4v) is 9.22. The number of aromatic carboxylic acids is 1. The van der Waals surface area contributed by atoms with Gasteiger partial charge in [-0.3, -0.25) is 56.4 Å². The first-order valence-corrected chi connectivity index (χ1v) is 32.6. The summed E-state index contributed by atoms with van der Waals surface area (Å²) in [6.45, 7) is -4.66. The Morgan fingerprint density at radius 3 is 1.08 bits per heavy atom. The number of nitrogens with zero attached hydrogens (tertiary/aromatic N) is 5. The van der Waals surface area contributed by atoms with Crippen molar-refractivity contribution >= 4 is 64.0 Å². The van der Waals surface area contributed by atoms with Gasteiger partial charge in [0.15, 0.2) is 11.6 Å². The van der Waals surface area contributed by atoms with Crippen LogP contribution in [0, 0.1) is 6.85 Å². The molecule has 5 heterocycles. The van der Waals surface area contributed by atoms with Gasteiger partial charge in [0.2, 0.25) is 0 Å². The van der Waals surface area contributed by atoms with Crippen LogP contribution in [0.2, 0.25) is 0 Å². The van der Waals surface area contributed by atoms with Crippen LogP contribution < -0.4 is 33.3 Å². The van der Waals surface area contributed by atoms with Crippen molar-refractivity contribution < 1.29 is 73.2 Å². The van der Waals surface area contributed by atoms with Gasteiger partial charge in [0.1, 0.15) is 0 Å². The molecule has 107 heavy (non-hydrogen) atoms. The molecule has 11 aromatic rings. The van der Waals surface area contributed by atoms with Gasteiger partial charge >= 0.3 is 31.0 Å². The number of aliphatic carboxylic acids is 1. The molecule has 0 bridgehead atoms. The lowest BCUT2D eigenvalue weighted by Crippen LogP contribution is -2.29. The summed E-state index contributed by atoms with van der Waals surface area (Å²) in [7, 11) is 1.28. The second kappa shape index (κ2) is 43.6. The second-order valence-electron chi connectivity index (χ2n) is 21.7. The minimum atomic E-state index is -2.45. The number of carbonyl (C=O) groups excluding carboxylic acids is 4. The third-order valence-electron chi connectivity index (χ3n) is 14.3. The zero-order chi connectivity index (χ0) is 83.7. The number of methoxy groups -OCH3 is 2. The molecule has 0 fully saturated rings. The van der Waals surface area contributed by atoms with Crippen molar-refractivity contribution in [2.45, 2.75) is 31.5 Å². The average Bonchev–Trinajstić information content (AvgIpc) is 0.823. The number of benzene rings is 6. The lowest BCUT2D eigenvalue weighted by molar-refractivity contribution is -0.136. The summed E-state index contributed by atoms with van der Waals surface area (Å²) in [5, 5.41) is 42.0. The molecule has 0 spiro atoms. The number of alkyl halides is 1. The summed E-state index contributed by atoms with van der Waals surface area (Å²) in [5.74, 6) is -2.93. The number of halogens is 1. The number of hydrogen-bond donors (Lipinski definition) is 5. The number of carboxylic acids is 2. The number of aliphatic hydroxyl groups is 1. The van der Waals surface area contributed by atoms with Crippen molar-refractivity contribution in [3.8, 4) is 28.4 Å². The van der Waals surface area contributed by atoms with Crippen molar-refractivity contribution in [1.29, 1.82) is 0 Å². The van der Waals surface area contributed by atoms with E-state index in [0.29, 0.717) is 51.3 Å². The molecule has 0 atom stereocenters. The number of carboxylic acid groups (broad SMARTS) is 2. The summed E-state index contributed by atoms with van der Waals surface area (Å²) < 4.78 is 67.4. The van der Waals surface area contributed by atoms with Crippen LogP contribution in [-0.2, 0) is 40.5 Å². The largest absolute Gasteiger partial charge is 0.488 e. The molecule has 5 N–H and O–H groups in total. The van der Waals surface area contributed by atoms with Crippen LogP contribution in [0.3, 0.4) is 0 Å². The molecular formula is C82H73BBrN5O18. The molecule has 0 amide bonds. The average molecular weight is 1510 g/mol. The molecule has 23 nitrogen and oxygen atoms in total. The quantitative estimate of drug-likeness (QED) is 0.0431. The SMILES string of the molecule is COC(=O)C1=CCC(=O)C=C1.COC(=O)c1ccc(=O)n(-c2ccccc2)c1.O=C(O)c1ccc(=O)n(-c2ccccc2)c1.O=C1C=CC(C(=O)O)=CC1.OB(O)c1ccccc1.[2H]C([2H])(Br)c1ccc(=O)n(-c2ccccc2)c1.[2H]C([2H])(O)c1ccc(=O)n(-c2ccccc2)c1.[2H]C([2H])([2H])c1ccc(=O)n(-c2ccccc2)c1. The molecule has 0 unspecified atom stereocenters. The van der Waals surface area contributed by atoms with Crippen LogP contribution in [0.25, 0.3) is 28.4 Å². The van der Waals surface area contributed by atoms with E-state index in [0.717, 1.165) is 5.69 Å². The molecule has 0 saturated carbocycles. The van der Waals surface area contributed by atoms with E-state index in [-0.39, 0.29) is 68.0 Å². The highest BCUT2D eigenvalue weighted by molar-refractivity contribution is 9.08. The highest BCUT2D eigenvalue weighted by atomic mass is 79.9. The van der Waals surface area contributed by atoms with Gasteiger partial charge in [0.05, 0.1) is 45.8 Å². The van der Waals surface area contributed by atoms with E-state index in [4.69, 9.17) is 29.9 Å². The standard InChI is InChI=1S/C13H11NO3.C12H10BrNO.C12H9NO3.C12H11NO2.C12H11NO.C8H8O3.C7H6O3.C6H7BO2/c1-17-13(16)10-7-8-12(15)14(9-10)11-5-3-2-4-6-11;13-8-10-6-7-12(15)14(9-10)11-4-2-1-3-5-11;14-11-7-6-9(12(15)16)8-13(11)10-4-2-1-3-5-10;14-9-10-6-7-12(15)13(8-10)11-4-2-1-3-5-11;1-10-7-8-12(14)13(9-10)11-5-3-2-4-6-11;1-11-8(10)6-2-4-7(9)5-3-6;8-6-3-1-5(2-4-6)7(9)10;8-7(9)6-4-2-1-3-5-6/h2-9H,1H3;1-7,9H,8H2;1-8H,(H,15,16);1-8,14H,9H2;2-9H,1H3;2-4H,5H2,1H3;1-3H,4H2,(H,9,10);1-5,8-9H/i;8D2;;9D2;1D3;;;. The zero-order valence-corrected chi connectivity index (χ0v) is 58.7. The van der Waals surface area contributed by atoms with Crippen molar-refractivity contribution in [3.05, 3.63) is 401 Å².